The number of furan rings is 1. The Hall–Kier alpha value is -2.77. The van der Waals surface area contributed by atoms with Gasteiger partial charge in [0.1, 0.15) is 12.3 Å². The Labute approximate surface area is 175 Å². The number of anilines is 1. The van der Waals surface area contributed by atoms with E-state index in [1.54, 1.807) is 42.5 Å². The van der Waals surface area contributed by atoms with E-state index < -0.39 is 22.5 Å². The van der Waals surface area contributed by atoms with E-state index in [4.69, 9.17) is 16.0 Å². The maximum Gasteiger partial charge on any atom is 0.264 e. The molecule has 0 aliphatic rings. The number of halogens is 1. The zero-order valence-electron chi connectivity index (χ0n) is 16.1. The average Bonchev–Trinajstić information content (AvgIpc) is 3.21. The molecule has 6 nitrogen and oxygen atoms in total. The molecule has 0 saturated heterocycles. The minimum absolute atomic E-state index is 0.0960. The minimum Gasteiger partial charge on any atom is -0.467 e. The van der Waals surface area contributed by atoms with Gasteiger partial charge in [0.2, 0.25) is 5.91 Å². The van der Waals surface area contributed by atoms with Crippen molar-refractivity contribution in [2.75, 3.05) is 10.8 Å². The van der Waals surface area contributed by atoms with Crippen molar-refractivity contribution in [1.82, 2.24) is 5.32 Å². The van der Waals surface area contributed by atoms with Crippen LogP contribution >= 0.6 is 11.6 Å². The fourth-order valence-electron chi connectivity index (χ4n) is 2.67. The highest BCUT2D eigenvalue weighted by atomic mass is 35.5. The third-order valence-corrected chi connectivity index (χ3v) is 6.57. The summed E-state index contributed by atoms with van der Waals surface area (Å²) < 4.78 is 32.8. The van der Waals surface area contributed by atoms with Crippen molar-refractivity contribution in [2.24, 2.45) is 0 Å². The highest BCUT2D eigenvalue weighted by Gasteiger charge is 2.27. The van der Waals surface area contributed by atoms with Crippen molar-refractivity contribution in [1.29, 1.82) is 0 Å². The van der Waals surface area contributed by atoms with E-state index in [9.17, 15) is 13.2 Å². The van der Waals surface area contributed by atoms with E-state index in [1.807, 2.05) is 13.8 Å². The largest absolute Gasteiger partial charge is 0.467 e. The number of benzene rings is 2. The molecule has 3 aromatic rings. The summed E-state index contributed by atoms with van der Waals surface area (Å²) in [5, 5.41) is 3.09. The van der Waals surface area contributed by atoms with Crippen molar-refractivity contribution in [3.63, 3.8) is 0 Å². The molecule has 0 bridgehead atoms. The Balaban J connectivity index is 1.91. The van der Waals surface area contributed by atoms with E-state index >= 15 is 0 Å². The third-order valence-electron chi connectivity index (χ3n) is 4.38. The molecule has 0 spiro atoms. The van der Waals surface area contributed by atoms with Crippen LogP contribution in [0.25, 0.3) is 0 Å². The number of nitrogens with zero attached hydrogens (tertiary/aromatic N) is 1. The first-order chi connectivity index (χ1) is 13.8. The van der Waals surface area contributed by atoms with Gasteiger partial charge in [-0.05, 0) is 55.8 Å². The number of aryl methyl sites for hydroxylation is 2. The van der Waals surface area contributed by atoms with Crippen LogP contribution in [0.5, 0.6) is 0 Å². The first kappa shape index (κ1) is 21.0. The fourth-order valence-corrected chi connectivity index (χ4v) is 4.26. The van der Waals surface area contributed by atoms with Gasteiger partial charge in [0.15, 0.2) is 0 Å². The van der Waals surface area contributed by atoms with Gasteiger partial charge in [-0.2, -0.15) is 0 Å². The first-order valence-electron chi connectivity index (χ1n) is 8.92. The topological polar surface area (TPSA) is 79.6 Å². The zero-order valence-corrected chi connectivity index (χ0v) is 17.6. The van der Waals surface area contributed by atoms with Gasteiger partial charge in [0, 0.05) is 5.02 Å². The first-order valence-corrected chi connectivity index (χ1v) is 10.7. The number of hydrogen-bond acceptors (Lipinski definition) is 4. The molecule has 8 heteroatoms. The molecule has 0 aliphatic carbocycles. The summed E-state index contributed by atoms with van der Waals surface area (Å²) in [5.74, 6) is 0.110. The number of carbonyl (C=O) groups excluding carboxylic acids is 1. The van der Waals surface area contributed by atoms with Crippen LogP contribution in [-0.2, 0) is 21.4 Å². The summed E-state index contributed by atoms with van der Waals surface area (Å²) >= 11 is 6.21. The number of nitrogens with one attached hydrogen (secondary N) is 1. The number of rotatable bonds is 7. The molecule has 0 aliphatic heterocycles. The van der Waals surface area contributed by atoms with Gasteiger partial charge in [-0.15, -0.1) is 0 Å². The average molecular weight is 433 g/mol. The third kappa shape index (κ3) is 4.99. The molecule has 0 radical (unpaired) electrons. The lowest BCUT2D eigenvalue weighted by Gasteiger charge is -2.24. The van der Waals surface area contributed by atoms with Crippen LogP contribution in [-0.4, -0.2) is 20.9 Å². The summed E-state index contributed by atoms with van der Waals surface area (Å²) in [6, 6.07) is 14.8. The van der Waals surface area contributed by atoms with Gasteiger partial charge in [-0.25, -0.2) is 8.42 Å². The van der Waals surface area contributed by atoms with E-state index in [0.29, 0.717) is 16.5 Å². The molecule has 1 amide bonds. The summed E-state index contributed by atoms with van der Waals surface area (Å²) in [4.78, 5) is 12.6. The standard InChI is InChI=1S/C21H21ClN2O4S/c1-15-5-9-19(10-6-15)29(26,27)24(17-8-7-16(2)20(22)12-17)14-21(25)23-13-18-4-3-11-28-18/h3-12H,13-14H2,1-2H3,(H,23,25). The van der Waals surface area contributed by atoms with Gasteiger partial charge in [0.05, 0.1) is 23.4 Å². The molecular weight excluding hydrogens is 412 g/mol. The summed E-state index contributed by atoms with van der Waals surface area (Å²) in [6.07, 6.45) is 1.50. The Morgan fingerprint density at radius 1 is 1.10 bits per heavy atom. The van der Waals surface area contributed by atoms with Gasteiger partial charge in [0.25, 0.3) is 10.0 Å². The Kier molecular flexibility index (Phi) is 6.30. The second-order valence-electron chi connectivity index (χ2n) is 6.61. The smallest absolute Gasteiger partial charge is 0.264 e. The van der Waals surface area contributed by atoms with Crippen LogP contribution in [0.2, 0.25) is 5.02 Å². The Bertz CT molecular complexity index is 1090. The minimum atomic E-state index is -3.98. The number of hydrogen-bond donors (Lipinski definition) is 1. The highest BCUT2D eigenvalue weighted by Crippen LogP contribution is 2.28. The van der Waals surface area contributed by atoms with Crippen LogP contribution in [0.3, 0.4) is 0 Å². The summed E-state index contributed by atoms with van der Waals surface area (Å²) in [6.45, 7) is 3.46. The lowest BCUT2D eigenvalue weighted by Crippen LogP contribution is -2.40. The lowest BCUT2D eigenvalue weighted by atomic mass is 10.2. The molecule has 152 valence electrons. The molecule has 0 atom stereocenters. The van der Waals surface area contributed by atoms with E-state index in [-0.39, 0.29) is 11.4 Å². The zero-order chi connectivity index (χ0) is 21.0. The van der Waals surface area contributed by atoms with Gasteiger partial charge in [-0.1, -0.05) is 35.4 Å². The van der Waals surface area contributed by atoms with Crippen LogP contribution < -0.4 is 9.62 Å². The van der Waals surface area contributed by atoms with E-state index in [2.05, 4.69) is 5.32 Å². The number of amides is 1. The van der Waals surface area contributed by atoms with Crippen LogP contribution in [0, 0.1) is 13.8 Å². The SMILES string of the molecule is Cc1ccc(S(=O)(=O)N(CC(=O)NCc2ccco2)c2ccc(C)c(Cl)c2)cc1. The molecule has 1 aromatic heterocycles. The van der Waals surface area contributed by atoms with Gasteiger partial charge < -0.3 is 9.73 Å². The fraction of sp³-hybridized carbons (Fsp3) is 0.190. The predicted octanol–water partition coefficient (Wildman–Crippen LogP) is 4.06. The van der Waals surface area contributed by atoms with E-state index in [0.717, 1.165) is 15.4 Å². The predicted molar refractivity (Wildman–Crippen MR) is 112 cm³/mol. The van der Waals surface area contributed by atoms with E-state index in [1.165, 1.54) is 18.4 Å². The second-order valence-corrected chi connectivity index (χ2v) is 8.88. The molecule has 1 heterocycles. The van der Waals surface area contributed by atoms with Crippen molar-refractivity contribution in [3.05, 3.63) is 82.8 Å². The molecule has 0 unspecified atom stereocenters. The second kappa shape index (κ2) is 8.71. The molecule has 0 saturated carbocycles. The molecule has 3 rings (SSSR count). The number of sulfonamides is 1. The van der Waals surface area contributed by atoms with Gasteiger partial charge in [-0.3, -0.25) is 9.10 Å². The molecule has 1 N–H and O–H groups in total. The van der Waals surface area contributed by atoms with Crippen molar-refractivity contribution in [3.8, 4) is 0 Å². The van der Waals surface area contributed by atoms with Gasteiger partial charge >= 0.3 is 0 Å². The Morgan fingerprint density at radius 3 is 2.45 bits per heavy atom. The number of carbonyl (C=O) groups is 1. The Morgan fingerprint density at radius 2 is 1.83 bits per heavy atom. The highest BCUT2D eigenvalue weighted by molar-refractivity contribution is 7.92. The van der Waals surface area contributed by atoms with Crippen molar-refractivity contribution >= 4 is 33.2 Å². The summed E-state index contributed by atoms with van der Waals surface area (Å²) in [5.41, 5.74) is 2.06. The van der Waals surface area contributed by atoms with Crippen LogP contribution in [0.4, 0.5) is 5.69 Å². The maximum atomic E-state index is 13.3. The van der Waals surface area contributed by atoms with Crippen LogP contribution in [0.15, 0.2) is 70.2 Å². The van der Waals surface area contributed by atoms with Crippen molar-refractivity contribution in [2.45, 2.75) is 25.3 Å². The maximum absolute atomic E-state index is 13.3. The molecule has 2 aromatic carbocycles. The molecule has 29 heavy (non-hydrogen) atoms. The van der Waals surface area contributed by atoms with Crippen LogP contribution in [0.1, 0.15) is 16.9 Å². The molecular formula is C21H21ClN2O4S. The monoisotopic (exact) mass is 432 g/mol. The normalized spacial score (nSPS) is 11.3. The lowest BCUT2D eigenvalue weighted by molar-refractivity contribution is -0.119. The molecule has 0 fully saturated rings. The quantitative estimate of drug-likeness (QED) is 0.610. The summed E-state index contributed by atoms with van der Waals surface area (Å²) in [7, 11) is -3.98. The van der Waals surface area contributed by atoms with Crippen molar-refractivity contribution < 1.29 is 17.6 Å².